The van der Waals surface area contributed by atoms with E-state index in [1.807, 2.05) is 6.92 Å². The SMILES string of the molecule is CCNC(=O)NC1CC[C@H]2CNC[C@H]2C1. The molecule has 2 rings (SSSR count). The van der Waals surface area contributed by atoms with Crippen molar-refractivity contribution in [1.29, 1.82) is 0 Å². The van der Waals surface area contributed by atoms with Gasteiger partial charge in [0, 0.05) is 12.6 Å². The van der Waals surface area contributed by atoms with Gasteiger partial charge >= 0.3 is 6.03 Å². The zero-order valence-corrected chi connectivity index (χ0v) is 9.38. The first kappa shape index (κ1) is 10.7. The molecule has 1 saturated heterocycles. The molecule has 15 heavy (non-hydrogen) atoms. The fourth-order valence-electron chi connectivity index (χ4n) is 2.83. The molecule has 2 aliphatic rings. The Morgan fingerprint density at radius 1 is 1.33 bits per heavy atom. The zero-order chi connectivity index (χ0) is 10.7. The van der Waals surface area contributed by atoms with Crippen LogP contribution in [0, 0.1) is 11.8 Å². The van der Waals surface area contributed by atoms with Crippen LogP contribution in [0.1, 0.15) is 26.2 Å². The van der Waals surface area contributed by atoms with Crippen molar-refractivity contribution in [2.75, 3.05) is 19.6 Å². The minimum absolute atomic E-state index is 0.00749. The van der Waals surface area contributed by atoms with Crippen LogP contribution in [0.3, 0.4) is 0 Å². The molecular weight excluding hydrogens is 190 g/mol. The quantitative estimate of drug-likeness (QED) is 0.629. The maximum absolute atomic E-state index is 11.4. The van der Waals surface area contributed by atoms with E-state index in [-0.39, 0.29) is 6.03 Å². The second kappa shape index (κ2) is 4.84. The molecule has 4 nitrogen and oxygen atoms in total. The number of hydrogen-bond donors (Lipinski definition) is 3. The lowest BCUT2D eigenvalue weighted by Crippen LogP contribution is -2.45. The molecule has 1 aliphatic heterocycles. The monoisotopic (exact) mass is 211 g/mol. The van der Waals surface area contributed by atoms with Crippen LogP contribution < -0.4 is 16.0 Å². The van der Waals surface area contributed by atoms with Crippen LogP contribution in [-0.2, 0) is 0 Å². The zero-order valence-electron chi connectivity index (χ0n) is 9.38. The second-order valence-electron chi connectivity index (χ2n) is 4.69. The Hall–Kier alpha value is -0.770. The minimum Gasteiger partial charge on any atom is -0.338 e. The molecule has 1 heterocycles. The van der Waals surface area contributed by atoms with Gasteiger partial charge in [-0.2, -0.15) is 0 Å². The highest BCUT2D eigenvalue weighted by Crippen LogP contribution is 2.32. The van der Waals surface area contributed by atoms with E-state index in [1.165, 1.54) is 13.0 Å². The Morgan fingerprint density at radius 2 is 2.13 bits per heavy atom. The normalized spacial score (nSPS) is 34.6. The Kier molecular flexibility index (Phi) is 3.46. The van der Waals surface area contributed by atoms with Crippen LogP contribution >= 0.6 is 0 Å². The van der Waals surface area contributed by atoms with Crippen LogP contribution in [0.25, 0.3) is 0 Å². The van der Waals surface area contributed by atoms with E-state index in [9.17, 15) is 4.79 Å². The summed E-state index contributed by atoms with van der Waals surface area (Å²) < 4.78 is 0. The van der Waals surface area contributed by atoms with Crippen LogP contribution in [0.2, 0.25) is 0 Å². The minimum atomic E-state index is -0.00749. The summed E-state index contributed by atoms with van der Waals surface area (Å²) in [7, 11) is 0. The van der Waals surface area contributed by atoms with Gasteiger partial charge in [-0.05, 0) is 51.1 Å². The number of amides is 2. The molecule has 1 saturated carbocycles. The van der Waals surface area contributed by atoms with Gasteiger partial charge in [0.05, 0.1) is 0 Å². The van der Waals surface area contributed by atoms with Gasteiger partial charge in [0.2, 0.25) is 0 Å². The highest BCUT2D eigenvalue weighted by atomic mass is 16.2. The first-order chi connectivity index (χ1) is 7.29. The molecule has 3 atom stereocenters. The molecular formula is C11H21N3O. The average molecular weight is 211 g/mol. The molecule has 1 aliphatic carbocycles. The maximum Gasteiger partial charge on any atom is 0.314 e. The standard InChI is InChI=1S/C11H21N3O/c1-2-13-11(15)14-10-4-3-8-6-12-7-9(8)5-10/h8-10,12H,2-7H2,1H3,(H2,13,14,15)/t8-,9+,10?/m0/s1. The second-order valence-corrected chi connectivity index (χ2v) is 4.69. The van der Waals surface area contributed by atoms with Crippen molar-refractivity contribution in [3.8, 4) is 0 Å². The number of carbonyl (C=O) groups excluding carboxylic acids is 1. The van der Waals surface area contributed by atoms with E-state index in [4.69, 9.17) is 0 Å². The summed E-state index contributed by atoms with van der Waals surface area (Å²) in [5.74, 6) is 1.64. The third-order valence-corrected chi connectivity index (χ3v) is 3.63. The van der Waals surface area contributed by atoms with Gasteiger partial charge in [-0.25, -0.2) is 4.79 Å². The fourth-order valence-corrected chi connectivity index (χ4v) is 2.83. The molecule has 0 spiro atoms. The van der Waals surface area contributed by atoms with Crippen molar-refractivity contribution in [1.82, 2.24) is 16.0 Å². The number of rotatable bonds is 2. The van der Waals surface area contributed by atoms with Crippen LogP contribution in [-0.4, -0.2) is 31.7 Å². The molecule has 0 bridgehead atoms. The van der Waals surface area contributed by atoms with Crippen molar-refractivity contribution in [3.05, 3.63) is 0 Å². The predicted molar refractivity (Wildman–Crippen MR) is 59.7 cm³/mol. The average Bonchev–Trinajstić information content (AvgIpc) is 2.65. The Morgan fingerprint density at radius 3 is 2.93 bits per heavy atom. The Balaban J connectivity index is 1.77. The summed E-state index contributed by atoms with van der Waals surface area (Å²) in [5, 5.41) is 9.28. The number of carbonyl (C=O) groups is 1. The van der Waals surface area contributed by atoms with Gasteiger partial charge in [0.1, 0.15) is 0 Å². The van der Waals surface area contributed by atoms with E-state index in [0.29, 0.717) is 12.6 Å². The predicted octanol–water partition coefficient (Wildman–Crippen LogP) is 0.694. The number of hydrogen-bond acceptors (Lipinski definition) is 2. The van der Waals surface area contributed by atoms with E-state index >= 15 is 0 Å². The smallest absolute Gasteiger partial charge is 0.314 e. The van der Waals surface area contributed by atoms with E-state index in [0.717, 1.165) is 31.2 Å². The van der Waals surface area contributed by atoms with Gasteiger partial charge in [-0.3, -0.25) is 0 Å². The van der Waals surface area contributed by atoms with Crippen LogP contribution in [0.15, 0.2) is 0 Å². The third-order valence-electron chi connectivity index (χ3n) is 3.63. The molecule has 0 aromatic heterocycles. The van der Waals surface area contributed by atoms with Crippen molar-refractivity contribution >= 4 is 6.03 Å². The van der Waals surface area contributed by atoms with E-state index in [1.54, 1.807) is 0 Å². The largest absolute Gasteiger partial charge is 0.338 e. The molecule has 1 unspecified atom stereocenters. The van der Waals surface area contributed by atoms with Crippen molar-refractivity contribution in [3.63, 3.8) is 0 Å². The van der Waals surface area contributed by atoms with Gasteiger partial charge in [-0.1, -0.05) is 0 Å². The summed E-state index contributed by atoms with van der Waals surface area (Å²) in [6.45, 7) is 4.96. The van der Waals surface area contributed by atoms with E-state index in [2.05, 4.69) is 16.0 Å². The fraction of sp³-hybridized carbons (Fsp3) is 0.909. The van der Waals surface area contributed by atoms with Crippen molar-refractivity contribution < 1.29 is 4.79 Å². The molecule has 2 fully saturated rings. The molecule has 0 aromatic rings. The van der Waals surface area contributed by atoms with Crippen molar-refractivity contribution in [2.45, 2.75) is 32.2 Å². The first-order valence-corrected chi connectivity index (χ1v) is 6.04. The van der Waals surface area contributed by atoms with Gasteiger partial charge in [0.15, 0.2) is 0 Å². The van der Waals surface area contributed by atoms with Gasteiger partial charge in [0.25, 0.3) is 0 Å². The number of urea groups is 1. The molecule has 2 amide bonds. The highest BCUT2D eigenvalue weighted by Gasteiger charge is 2.34. The summed E-state index contributed by atoms with van der Waals surface area (Å²) >= 11 is 0. The summed E-state index contributed by atoms with van der Waals surface area (Å²) in [6, 6.07) is 0.379. The lowest BCUT2D eigenvalue weighted by atomic mass is 9.79. The molecule has 86 valence electrons. The Labute approximate surface area is 91.2 Å². The van der Waals surface area contributed by atoms with Crippen LogP contribution in [0.5, 0.6) is 0 Å². The lowest BCUT2D eigenvalue weighted by Gasteiger charge is -2.31. The van der Waals surface area contributed by atoms with Gasteiger partial charge in [-0.15, -0.1) is 0 Å². The van der Waals surface area contributed by atoms with Crippen LogP contribution in [0.4, 0.5) is 4.79 Å². The summed E-state index contributed by atoms with van der Waals surface area (Å²) in [4.78, 5) is 11.4. The topological polar surface area (TPSA) is 53.2 Å². The third kappa shape index (κ3) is 2.62. The summed E-state index contributed by atoms with van der Waals surface area (Å²) in [5.41, 5.74) is 0. The molecule has 4 heteroatoms. The van der Waals surface area contributed by atoms with Crippen molar-refractivity contribution in [2.24, 2.45) is 11.8 Å². The maximum atomic E-state index is 11.4. The summed E-state index contributed by atoms with van der Waals surface area (Å²) in [6.07, 6.45) is 3.55. The first-order valence-electron chi connectivity index (χ1n) is 6.04. The lowest BCUT2D eigenvalue weighted by molar-refractivity contribution is 0.216. The molecule has 0 aromatic carbocycles. The molecule has 0 radical (unpaired) electrons. The molecule has 3 N–H and O–H groups in total. The number of fused-ring (bicyclic) bond motifs is 1. The number of nitrogens with one attached hydrogen (secondary N) is 3. The van der Waals surface area contributed by atoms with E-state index < -0.39 is 0 Å². The Bertz CT molecular complexity index is 232. The van der Waals surface area contributed by atoms with Gasteiger partial charge < -0.3 is 16.0 Å². The highest BCUT2D eigenvalue weighted by molar-refractivity contribution is 5.74.